The Balaban J connectivity index is 1.47. The first kappa shape index (κ1) is 12.7. The number of rotatable bonds is 2. The number of nitrogens with zero attached hydrogens (tertiary/aromatic N) is 2. The summed E-state index contributed by atoms with van der Waals surface area (Å²) in [6.07, 6.45) is 2.73. The summed E-state index contributed by atoms with van der Waals surface area (Å²) in [7, 11) is 0. The minimum atomic E-state index is -0.240. The van der Waals surface area contributed by atoms with Gasteiger partial charge in [-0.15, -0.1) is 0 Å². The van der Waals surface area contributed by atoms with E-state index in [0.29, 0.717) is 12.5 Å². The van der Waals surface area contributed by atoms with E-state index in [1.54, 1.807) is 6.20 Å². The first-order chi connectivity index (χ1) is 10.3. The molecule has 1 spiro atoms. The molecule has 1 fully saturated rings. The Kier molecular flexibility index (Phi) is 3.04. The lowest BCUT2D eigenvalue weighted by Gasteiger charge is -2.34. The number of fused-ring (bicyclic) bond motifs is 1. The van der Waals surface area contributed by atoms with E-state index in [9.17, 15) is 0 Å². The van der Waals surface area contributed by atoms with Gasteiger partial charge in [0, 0.05) is 32.3 Å². The van der Waals surface area contributed by atoms with Gasteiger partial charge in [0.15, 0.2) is 11.4 Å². The van der Waals surface area contributed by atoms with Gasteiger partial charge in [-0.1, -0.05) is 30.3 Å². The fraction of sp³-hybridized carbons (Fsp3) is 0.353. The van der Waals surface area contributed by atoms with E-state index in [-0.39, 0.29) is 5.60 Å². The Labute approximate surface area is 124 Å². The Morgan fingerprint density at radius 3 is 2.95 bits per heavy atom. The van der Waals surface area contributed by atoms with E-state index >= 15 is 0 Å². The van der Waals surface area contributed by atoms with Gasteiger partial charge in [0.05, 0.1) is 0 Å². The molecule has 1 unspecified atom stereocenters. The molecule has 0 bridgehead atoms. The third-order valence-corrected chi connectivity index (χ3v) is 4.18. The third kappa shape index (κ3) is 2.47. The van der Waals surface area contributed by atoms with Crippen LogP contribution in [0.4, 0.5) is 0 Å². The molecular formula is C17H18N2O2. The van der Waals surface area contributed by atoms with Crippen LogP contribution in [0.5, 0.6) is 11.6 Å². The number of hydrogen-bond acceptors (Lipinski definition) is 4. The zero-order valence-corrected chi connectivity index (χ0v) is 11.9. The molecule has 21 heavy (non-hydrogen) atoms. The molecule has 1 atom stereocenters. The molecule has 4 heteroatoms. The Morgan fingerprint density at radius 2 is 2.05 bits per heavy atom. The van der Waals surface area contributed by atoms with Crippen LogP contribution in [0.1, 0.15) is 12.0 Å². The van der Waals surface area contributed by atoms with E-state index in [1.807, 2.05) is 12.1 Å². The van der Waals surface area contributed by atoms with Crippen molar-refractivity contribution in [3.05, 3.63) is 54.2 Å². The Hall–Kier alpha value is -2.07. The second kappa shape index (κ2) is 5.04. The molecule has 108 valence electrons. The fourth-order valence-corrected chi connectivity index (χ4v) is 3.11. The van der Waals surface area contributed by atoms with Gasteiger partial charge in [0.25, 0.3) is 5.88 Å². The molecule has 4 rings (SSSR count). The maximum absolute atomic E-state index is 6.17. The summed E-state index contributed by atoms with van der Waals surface area (Å²) >= 11 is 0. The van der Waals surface area contributed by atoms with Gasteiger partial charge in [-0.05, 0) is 17.7 Å². The van der Waals surface area contributed by atoms with Gasteiger partial charge in [-0.25, -0.2) is 4.98 Å². The van der Waals surface area contributed by atoms with Crippen LogP contribution in [0, 0.1) is 0 Å². The van der Waals surface area contributed by atoms with E-state index in [2.05, 4.69) is 40.2 Å². The lowest BCUT2D eigenvalue weighted by molar-refractivity contribution is -0.00571. The van der Waals surface area contributed by atoms with Gasteiger partial charge in [-0.2, -0.15) is 0 Å². The second-order valence-corrected chi connectivity index (χ2v) is 5.83. The van der Waals surface area contributed by atoms with Crippen molar-refractivity contribution in [1.82, 2.24) is 9.88 Å². The molecule has 2 aromatic rings. The number of hydrogen-bond donors (Lipinski definition) is 0. The van der Waals surface area contributed by atoms with E-state index in [4.69, 9.17) is 9.47 Å². The average Bonchev–Trinajstić information content (AvgIpc) is 2.90. The van der Waals surface area contributed by atoms with Crippen molar-refractivity contribution in [2.75, 3.05) is 19.7 Å². The van der Waals surface area contributed by atoms with Crippen LogP contribution >= 0.6 is 0 Å². The minimum absolute atomic E-state index is 0.240. The molecule has 0 saturated carbocycles. The molecule has 4 nitrogen and oxygen atoms in total. The third-order valence-electron chi connectivity index (χ3n) is 4.18. The van der Waals surface area contributed by atoms with Crippen molar-refractivity contribution in [2.24, 2.45) is 0 Å². The molecule has 2 aliphatic heterocycles. The van der Waals surface area contributed by atoms with E-state index in [0.717, 1.165) is 31.8 Å². The molecule has 1 aromatic heterocycles. The maximum atomic E-state index is 6.17. The van der Waals surface area contributed by atoms with Gasteiger partial charge in [-0.3, -0.25) is 4.90 Å². The summed E-state index contributed by atoms with van der Waals surface area (Å²) in [5.74, 6) is 1.38. The van der Waals surface area contributed by atoms with Crippen molar-refractivity contribution in [3.8, 4) is 11.6 Å². The van der Waals surface area contributed by atoms with Crippen LogP contribution in [0.2, 0.25) is 0 Å². The highest BCUT2D eigenvalue weighted by Gasteiger charge is 2.44. The largest absolute Gasteiger partial charge is 0.484 e. The molecule has 0 aliphatic carbocycles. The fourth-order valence-electron chi connectivity index (χ4n) is 3.11. The molecule has 1 aromatic carbocycles. The number of pyridine rings is 1. The molecule has 0 radical (unpaired) electrons. The normalized spacial score (nSPS) is 24.4. The standard InChI is InChI=1S/C17H18N2O2/c1-2-5-14(6-3-1)11-19-10-8-17(12-19)13-20-15-7-4-9-18-16(15)21-17/h1-7,9H,8,10-13H2. The molecule has 0 N–H and O–H groups in total. The molecule has 0 amide bonds. The Morgan fingerprint density at radius 1 is 1.14 bits per heavy atom. The van der Waals surface area contributed by atoms with Gasteiger partial charge in [0.2, 0.25) is 0 Å². The molecular weight excluding hydrogens is 264 g/mol. The summed E-state index contributed by atoms with van der Waals surface area (Å²) in [5, 5.41) is 0. The van der Waals surface area contributed by atoms with Crippen molar-refractivity contribution >= 4 is 0 Å². The van der Waals surface area contributed by atoms with Crippen LogP contribution in [-0.4, -0.2) is 35.2 Å². The van der Waals surface area contributed by atoms with Crippen LogP contribution in [0.15, 0.2) is 48.7 Å². The van der Waals surface area contributed by atoms with Crippen LogP contribution < -0.4 is 9.47 Å². The van der Waals surface area contributed by atoms with Gasteiger partial charge >= 0.3 is 0 Å². The molecule has 3 heterocycles. The summed E-state index contributed by atoms with van der Waals surface area (Å²) in [4.78, 5) is 6.70. The van der Waals surface area contributed by atoms with Crippen molar-refractivity contribution < 1.29 is 9.47 Å². The second-order valence-electron chi connectivity index (χ2n) is 5.83. The highest BCUT2D eigenvalue weighted by Crippen LogP contribution is 2.37. The maximum Gasteiger partial charge on any atom is 0.257 e. The highest BCUT2D eigenvalue weighted by atomic mass is 16.6. The number of ether oxygens (including phenoxy) is 2. The molecule has 2 aliphatic rings. The summed E-state index contributed by atoms with van der Waals surface area (Å²) in [6, 6.07) is 14.3. The first-order valence-electron chi connectivity index (χ1n) is 7.36. The van der Waals surface area contributed by atoms with E-state index < -0.39 is 0 Å². The highest BCUT2D eigenvalue weighted by molar-refractivity contribution is 5.35. The predicted molar refractivity (Wildman–Crippen MR) is 79.4 cm³/mol. The van der Waals surface area contributed by atoms with E-state index in [1.165, 1.54) is 5.56 Å². The van der Waals surface area contributed by atoms with Gasteiger partial charge in [0.1, 0.15) is 6.61 Å². The van der Waals surface area contributed by atoms with Crippen molar-refractivity contribution in [1.29, 1.82) is 0 Å². The van der Waals surface area contributed by atoms with Crippen LogP contribution in [0.25, 0.3) is 0 Å². The van der Waals surface area contributed by atoms with Crippen LogP contribution in [-0.2, 0) is 6.54 Å². The monoisotopic (exact) mass is 282 g/mol. The smallest absolute Gasteiger partial charge is 0.257 e. The number of aromatic nitrogens is 1. The SMILES string of the molecule is c1ccc(CN2CCC3(COc4cccnc4O3)C2)cc1. The lowest BCUT2D eigenvalue weighted by atomic mass is 10.0. The lowest BCUT2D eigenvalue weighted by Crippen LogP contribution is -2.47. The predicted octanol–water partition coefficient (Wildman–Crippen LogP) is 2.50. The zero-order chi connectivity index (χ0) is 14.1. The topological polar surface area (TPSA) is 34.6 Å². The van der Waals surface area contributed by atoms with Crippen molar-refractivity contribution in [2.45, 2.75) is 18.6 Å². The van der Waals surface area contributed by atoms with Crippen LogP contribution in [0.3, 0.4) is 0 Å². The Bertz CT molecular complexity index is 632. The number of benzene rings is 1. The zero-order valence-electron chi connectivity index (χ0n) is 11.9. The number of likely N-dealkylation sites (tertiary alicyclic amines) is 1. The summed E-state index contributed by atoms with van der Waals surface area (Å²) in [6.45, 7) is 3.48. The summed E-state index contributed by atoms with van der Waals surface area (Å²) < 4.78 is 12.0. The average molecular weight is 282 g/mol. The van der Waals surface area contributed by atoms with Crippen molar-refractivity contribution in [3.63, 3.8) is 0 Å². The summed E-state index contributed by atoms with van der Waals surface area (Å²) in [5.41, 5.74) is 1.10. The quantitative estimate of drug-likeness (QED) is 0.847. The minimum Gasteiger partial charge on any atom is -0.484 e. The first-order valence-corrected chi connectivity index (χ1v) is 7.36. The van der Waals surface area contributed by atoms with Gasteiger partial charge < -0.3 is 9.47 Å². The molecule has 1 saturated heterocycles.